The Hall–Kier alpha value is -3.50. The SMILES string of the molecule is CC(C)(C)c1cc(-c2nccc3oc(-c4cnc5sccc5c4)cc23)cc2ccccc12. The zero-order valence-corrected chi connectivity index (χ0v) is 19.0. The van der Waals surface area contributed by atoms with Gasteiger partial charge in [0.1, 0.15) is 16.2 Å². The number of pyridine rings is 2. The van der Waals surface area contributed by atoms with Crippen LogP contribution in [0.15, 0.2) is 82.9 Å². The number of thiophene rings is 1. The number of benzene rings is 2. The number of nitrogens with zero attached hydrogens (tertiary/aromatic N) is 2. The Morgan fingerprint density at radius 3 is 2.53 bits per heavy atom. The average Bonchev–Trinajstić information content (AvgIpc) is 3.43. The van der Waals surface area contributed by atoms with E-state index in [-0.39, 0.29) is 5.41 Å². The van der Waals surface area contributed by atoms with Crippen molar-refractivity contribution in [1.29, 1.82) is 0 Å². The quantitative estimate of drug-likeness (QED) is 0.275. The van der Waals surface area contributed by atoms with Crippen LogP contribution in [0.4, 0.5) is 0 Å². The van der Waals surface area contributed by atoms with Crippen LogP contribution >= 0.6 is 11.3 Å². The first-order chi connectivity index (χ1) is 15.5. The van der Waals surface area contributed by atoms with Crippen molar-refractivity contribution in [1.82, 2.24) is 9.97 Å². The van der Waals surface area contributed by atoms with Crippen molar-refractivity contribution in [2.75, 3.05) is 0 Å². The largest absolute Gasteiger partial charge is 0.456 e. The molecule has 0 atom stereocenters. The summed E-state index contributed by atoms with van der Waals surface area (Å²) in [7, 11) is 0. The fraction of sp³-hybridized carbons (Fsp3) is 0.143. The van der Waals surface area contributed by atoms with Crippen LogP contribution < -0.4 is 0 Å². The molecule has 0 bridgehead atoms. The first-order valence-electron chi connectivity index (χ1n) is 10.7. The second kappa shape index (κ2) is 7.01. The lowest BCUT2D eigenvalue weighted by molar-refractivity contribution is 0.596. The molecule has 0 amide bonds. The van der Waals surface area contributed by atoms with E-state index in [1.54, 1.807) is 11.3 Å². The minimum absolute atomic E-state index is 0.0205. The van der Waals surface area contributed by atoms with Crippen molar-refractivity contribution in [3.8, 4) is 22.6 Å². The van der Waals surface area contributed by atoms with Crippen molar-refractivity contribution < 1.29 is 4.42 Å². The Morgan fingerprint density at radius 2 is 1.66 bits per heavy atom. The lowest BCUT2D eigenvalue weighted by Gasteiger charge is -2.22. The number of rotatable bonds is 2. The lowest BCUT2D eigenvalue weighted by atomic mass is 9.82. The Bertz CT molecular complexity index is 1620. The molecule has 3 nitrogen and oxygen atoms in total. The molecule has 0 unspecified atom stereocenters. The lowest BCUT2D eigenvalue weighted by Crippen LogP contribution is -2.12. The van der Waals surface area contributed by atoms with Crippen LogP contribution in [0, 0.1) is 0 Å². The summed E-state index contributed by atoms with van der Waals surface area (Å²) in [5.74, 6) is 0.812. The first-order valence-corrected chi connectivity index (χ1v) is 11.6. The molecule has 4 aromatic heterocycles. The monoisotopic (exact) mass is 434 g/mol. The summed E-state index contributed by atoms with van der Waals surface area (Å²) < 4.78 is 6.25. The van der Waals surface area contributed by atoms with Gasteiger partial charge in [0.15, 0.2) is 0 Å². The van der Waals surface area contributed by atoms with Gasteiger partial charge in [0, 0.05) is 34.3 Å². The van der Waals surface area contributed by atoms with Crippen molar-refractivity contribution in [3.05, 3.63) is 84.0 Å². The van der Waals surface area contributed by atoms with Crippen LogP contribution in [-0.4, -0.2) is 9.97 Å². The molecule has 32 heavy (non-hydrogen) atoms. The second-order valence-corrected chi connectivity index (χ2v) is 10.1. The number of hydrogen-bond donors (Lipinski definition) is 0. The Balaban J connectivity index is 1.56. The van der Waals surface area contributed by atoms with E-state index in [9.17, 15) is 0 Å². The standard InChI is InChI=1S/C28H22N2OS/c1-28(2,3)23-14-19(12-17-6-4-5-7-21(17)23)26-22-15-25(31-24(22)8-10-29-26)20-13-18-9-11-32-27(18)30-16-20/h4-16H,1-3H3. The molecule has 6 aromatic rings. The predicted octanol–water partition coefficient (Wildman–Crippen LogP) is 8.22. The molecular weight excluding hydrogens is 412 g/mol. The summed E-state index contributed by atoms with van der Waals surface area (Å²) in [6.07, 6.45) is 3.72. The fourth-order valence-electron chi connectivity index (χ4n) is 4.40. The van der Waals surface area contributed by atoms with Gasteiger partial charge in [-0.15, -0.1) is 11.3 Å². The van der Waals surface area contributed by atoms with Gasteiger partial charge in [0.25, 0.3) is 0 Å². The van der Waals surface area contributed by atoms with Crippen LogP contribution in [0.25, 0.3) is 54.5 Å². The smallest absolute Gasteiger partial charge is 0.138 e. The highest BCUT2D eigenvalue weighted by molar-refractivity contribution is 7.16. The van der Waals surface area contributed by atoms with Crippen LogP contribution in [-0.2, 0) is 5.41 Å². The molecule has 4 heterocycles. The van der Waals surface area contributed by atoms with Gasteiger partial charge in [0.2, 0.25) is 0 Å². The Labute approximate surface area is 190 Å². The zero-order valence-electron chi connectivity index (χ0n) is 18.2. The molecule has 0 saturated heterocycles. The summed E-state index contributed by atoms with van der Waals surface area (Å²) in [5.41, 5.74) is 5.21. The van der Waals surface area contributed by atoms with Gasteiger partial charge in [-0.1, -0.05) is 45.0 Å². The van der Waals surface area contributed by atoms with E-state index in [2.05, 4.69) is 85.7 Å². The van der Waals surface area contributed by atoms with Gasteiger partial charge in [-0.2, -0.15) is 0 Å². The molecule has 6 rings (SSSR count). The van der Waals surface area contributed by atoms with Gasteiger partial charge >= 0.3 is 0 Å². The predicted molar refractivity (Wildman–Crippen MR) is 134 cm³/mol. The number of aromatic nitrogens is 2. The van der Waals surface area contributed by atoms with E-state index in [4.69, 9.17) is 9.40 Å². The maximum atomic E-state index is 6.25. The fourth-order valence-corrected chi connectivity index (χ4v) is 5.12. The topological polar surface area (TPSA) is 38.9 Å². The first kappa shape index (κ1) is 19.2. The number of hydrogen-bond acceptors (Lipinski definition) is 4. The molecule has 156 valence electrons. The molecule has 0 spiro atoms. The van der Waals surface area contributed by atoms with Gasteiger partial charge in [-0.25, -0.2) is 4.98 Å². The number of fused-ring (bicyclic) bond motifs is 3. The van der Waals surface area contributed by atoms with E-state index >= 15 is 0 Å². The van der Waals surface area contributed by atoms with Crippen LogP contribution in [0.2, 0.25) is 0 Å². The molecular formula is C28H22N2OS. The van der Waals surface area contributed by atoms with Crippen LogP contribution in [0.1, 0.15) is 26.3 Å². The van der Waals surface area contributed by atoms with Crippen LogP contribution in [0.5, 0.6) is 0 Å². The minimum Gasteiger partial charge on any atom is -0.456 e. The molecule has 4 heteroatoms. The second-order valence-electron chi connectivity index (χ2n) is 9.22. The highest BCUT2D eigenvalue weighted by Crippen LogP contribution is 2.38. The molecule has 2 aromatic carbocycles. The summed E-state index contributed by atoms with van der Waals surface area (Å²) in [5, 5.41) is 6.73. The molecule has 0 aliphatic carbocycles. The van der Waals surface area contributed by atoms with Crippen molar-refractivity contribution >= 4 is 43.3 Å². The van der Waals surface area contributed by atoms with Crippen molar-refractivity contribution in [3.63, 3.8) is 0 Å². The third-order valence-corrected chi connectivity index (χ3v) is 6.82. The maximum absolute atomic E-state index is 6.25. The molecule has 0 saturated carbocycles. The zero-order chi connectivity index (χ0) is 21.9. The molecule has 0 fully saturated rings. The third-order valence-electron chi connectivity index (χ3n) is 5.98. The Morgan fingerprint density at radius 1 is 0.812 bits per heavy atom. The minimum atomic E-state index is 0.0205. The third kappa shape index (κ3) is 3.10. The highest BCUT2D eigenvalue weighted by atomic mass is 32.1. The van der Waals surface area contributed by atoms with Gasteiger partial charge < -0.3 is 4.42 Å². The van der Waals surface area contributed by atoms with E-state index in [1.807, 2.05) is 18.5 Å². The summed E-state index contributed by atoms with van der Waals surface area (Å²) in [6.45, 7) is 6.78. The van der Waals surface area contributed by atoms with E-state index in [0.717, 1.165) is 43.8 Å². The van der Waals surface area contributed by atoms with E-state index < -0.39 is 0 Å². The Kier molecular flexibility index (Phi) is 4.21. The van der Waals surface area contributed by atoms with E-state index in [0.29, 0.717) is 0 Å². The number of furan rings is 1. The summed E-state index contributed by atoms with van der Waals surface area (Å²) >= 11 is 1.65. The molecule has 0 radical (unpaired) electrons. The average molecular weight is 435 g/mol. The summed E-state index contributed by atoms with van der Waals surface area (Å²) in [4.78, 5) is 10.4. The van der Waals surface area contributed by atoms with Crippen LogP contribution in [0.3, 0.4) is 0 Å². The summed E-state index contributed by atoms with van der Waals surface area (Å²) in [6, 6.07) is 21.4. The van der Waals surface area contributed by atoms with Gasteiger partial charge in [-0.05, 0) is 63.5 Å². The normalized spacial score (nSPS) is 12.2. The van der Waals surface area contributed by atoms with E-state index in [1.165, 1.54) is 16.3 Å². The molecule has 0 N–H and O–H groups in total. The van der Waals surface area contributed by atoms with Gasteiger partial charge in [-0.3, -0.25) is 4.98 Å². The van der Waals surface area contributed by atoms with Crippen molar-refractivity contribution in [2.45, 2.75) is 26.2 Å². The highest BCUT2D eigenvalue weighted by Gasteiger charge is 2.20. The molecule has 0 aliphatic heterocycles. The van der Waals surface area contributed by atoms with Crippen molar-refractivity contribution in [2.24, 2.45) is 0 Å². The maximum Gasteiger partial charge on any atom is 0.138 e. The molecule has 0 aliphatic rings. The van der Waals surface area contributed by atoms with Gasteiger partial charge in [0.05, 0.1) is 5.69 Å².